The Morgan fingerprint density at radius 1 is 0.750 bits per heavy atom. The van der Waals surface area contributed by atoms with Crippen molar-refractivity contribution in [3.8, 4) is 22.8 Å². The first-order valence-electron chi connectivity index (χ1n) is 4.89. The second-order valence-electron chi connectivity index (χ2n) is 3.32. The summed E-state index contributed by atoms with van der Waals surface area (Å²) in [5.74, 6) is 0. The molecule has 78 valence electrons. The Morgan fingerprint density at radius 2 is 1.31 bits per heavy atom. The van der Waals surface area contributed by atoms with Crippen molar-refractivity contribution in [2.24, 2.45) is 0 Å². The topological polar surface area (TPSA) is 70.2 Å². The lowest BCUT2D eigenvalue weighted by Crippen LogP contribution is -1.87. The van der Waals surface area contributed by atoms with Crippen molar-refractivity contribution in [2.45, 2.75) is 0 Å². The fraction of sp³-hybridized carbons (Fsp3) is 0. The summed E-state index contributed by atoms with van der Waals surface area (Å²) in [5.41, 5.74) is 3.33. The van der Waals surface area contributed by atoms with Gasteiger partial charge in [0.15, 0.2) is 0 Å². The number of aromatic amines is 2. The van der Waals surface area contributed by atoms with Gasteiger partial charge in [-0.05, 0) is 12.1 Å². The van der Waals surface area contributed by atoms with Crippen molar-refractivity contribution in [3.63, 3.8) is 0 Å². The van der Waals surface area contributed by atoms with Gasteiger partial charge in [0.1, 0.15) is 11.4 Å². The zero-order chi connectivity index (χ0) is 10.8. The molecular formula is C11H9N5. The van der Waals surface area contributed by atoms with Crippen LogP contribution in [-0.4, -0.2) is 24.9 Å². The Hall–Kier alpha value is -2.43. The highest BCUT2D eigenvalue weighted by Gasteiger charge is 2.05. The van der Waals surface area contributed by atoms with Crippen molar-refractivity contribution < 1.29 is 0 Å². The highest BCUT2D eigenvalue weighted by Crippen LogP contribution is 2.18. The molecule has 0 atom stereocenters. The van der Waals surface area contributed by atoms with E-state index < -0.39 is 0 Å². The maximum atomic E-state index is 4.49. The minimum atomic E-state index is 0.831. The van der Waals surface area contributed by atoms with Gasteiger partial charge in [-0.1, -0.05) is 6.07 Å². The van der Waals surface area contributed by atoms with E-state index in [1.165, 1.54) is 0 Å². The summed E-state index contributed by atoms with van der Waals surface area (Å²) >= 11 is 0. The minimum Gasteiger partial charge on any atom is -0.351 e. The molecule has 5 nitrogen and oxygen atoms in total. The number of aromatic nitrogens is 5. The number of nitrogens with one attached hydrogen (secondary N) is 2. The Balaban J connectivity index is 2.07. The van der Waals surface area contributed by atoms with Crippen molar-refractivity contribution in [1.82, 2.24) is 24.9 Å². The summed E-state index contributed by atoms with van der Waals surface area (Å²) in [6.07, 6.45) is 6.91. The zero-order valence-electron chi connectivity index (χ0n) is 8.38. The molecule has 0 radical (unpaired) electrons. The number of imidazole rings is 2. The van der Waals surface area contributed by atoms with E-state index in [-0.39, 0.29) is 0 Å². The summed E-state index contributed by atoms with van der Waals surface area (Å²) < 4.78 is 0. The van der Waals surface area contributed by atoms with Gasteiger partial charge in [0.05, 0.1) is 24.0 Å². The van der Waals surface area contributed by atoms with E-state index in [1.807, 2.05) is 30.6 Å². The standard InChI is InChI=1S/C11H9N5/c1-2-8(10-4-12-6-14-10)16-9(3-1)11-5-13-7-15-11/h1-7H,(H,12,14)(H,13,15). The number of hydrogen-bond acceptors (Lipinski definition) is 3. The molecule has 0 saturated carbocycles. The first-order valence-corrected chi connectivity index (χ1v) is 4.89. The van der Waals surface area contributed by atoms with Gasteiger partial charge < -0.3 is 9.97 Å². The summed E-state index contributed by atoms with van der Waals surface area (Å²) in [5, 5.41) is 0. The van der Waals surface area contributed by atoms with Gasteiger partial charge in [-0.3, -0.25) is 0 Å². The van der Waals surface area contributed by atoms with E-state index in [0.29, 0.717) is 0 Å². The summed E-state index contributed by atoms with van der Waals surface area (Å²) in [6.45, 7) is 0. The van der Waals surface area contributed by atoms with Gasteiger partial charge in [-0.2, -0.15) is 0 Å². The van der Waals surface area contributed by atoms with Crippen LogP contribution in [0.5, 0.6) is 0 Å². The lowest BCUT2D eigenvalue weighted by atomic mass is 10.2. The molecule has 0 aliphatic heterocycles. The predicted molar refractivity (Wildman–Crippen MR) is 59.4 cm³/mol. The molecule has 2 N–H and O–H groups in total. The quantitative estimate of drug-likeness (QED) is 0.679. The molecule has 0 spiro atoms. The fourth-order valence-electron chi connectivity index (χ4n) is 1.52. The van der Waals surface area contributed by atoms with E-state index in [1.54, 1.807) is 12.7 Å². The van der Waals surface area contributed by atoms with Crippen LogP contribution in [0.4, 0.5) is 0 Å². The normalized spacial score (nSPS) is 10.5. The monoisotopic (exact) mass is 211 g/mol. The highest BCUT2D eigenvalue weighted by atomic mass is 14.9. The largest absolute Gasteiger partial charge is 0.351 e. The Labute approximate surface area is 91.6 Å². The van der Waals surface area contributed by atoms with Crippen LogP contribution in [0.25, 0.3) is 22.8 Å². The van der Waals surface area contributed by atoms with Crippen LogP contribution in [0, 0.1) is 0 Å². The molecule has 3 aromatic heterocycles. The molecule has 0 aliphatic rings. The molecule has 0 fully saturated rings. The van der Waals surface area contributed by atoms with Gasteiger partial charge in [-0.15, -0.1) is 0 Å². The average molecular weight is 211 g/mol. The Morgan fingerprint density at radius 3 is 1.75 bits per heavy atom. The molecule has 0 aliphatic carbocycles. The molecular weight excluding hydrogens is 202 g/mol. The number of H-pyrrole nitrogens is 2. The summed E-state index contributed by atoms with van der Waals surface area (Å²) in [4.78, 5) is 18.6. The maximum absolute atomic E-state index is 4.49. The van der Waals surface area contributed by atoms with Crippen LogP contribution >= 0.6 is 0 Å². The Bertz CT molecular complexity index is 519. The van der Waals surface area contributed by atoms with Crippen molar-refractivity contribution in [1.29, 1.82) is 0 Å². The van der Waals surface area contributed by atoms with Crippen LogP contribution in [0.3, 0.4) is 0 Å². The first-order chi connectivity index (χ1) is 7.93. The first kappa shape index (κ1) is 8.84. The fourth-order valence-corrected chi connectivity index (χ4v) is 1.52. The Kier molecular flexibility index (Phi) is 2.00. The second kappa shape index (κ2) is 3.62. The predicted octanol–water partition coefficient (Wildman–Crippen LogP) is 1.86. The number of rotatable bonds is 2. The van der Waals surface area contributed by atoms with Crippen LogP contribution in [0.1, 0.15) is 0 Å². The molecule has 3 rings (SSSR count). The summed E-state index contributed by atoms with van der Waals surface area (Å²) in [7, 11) is 0. The SMILES string of the molecule is c1cc(-c2c[nH]cn2)nc(-c2c[nH]cn2)c1. The lowest BCUT2D eigenvalue weighted by molar-refractivity contribution is 1.25. The van der Waals surface area contributed by atoms with Crippen molar-refractivity contribution in [3.05, 3.63) is 43.2 Å². The van der Waals surface area contributed by atoms with E-state index >= 15 is 0 Å². The minimum absolute atomic E-state index is 0.831. The van der Waals surface area contributed by atoms with Gasteiger partial charge in [0.25, 0.3) is 0 Å². The molecule has 3 aromatic rings. The van der Waals surface area contributed by atoms with Crippen LogP contribution in [0.2, 0.25) is 0 Å². The van der Waals surface area contributed by atoms with Gasteiger partial charge >= 0.3 is 0 Å². The number of nitrogens with zero attached hydrogens (tertiary/aromatic N) is 3. The van der Waals surface area contributed by atoms with Crippen molar-refractivity contribution >= 4 is 0 Å². The molecule has 0 saturated heterocycles. The van der Waals surface area contributed by atoms with Gasteiger partial charge in [0.2, 0.25) is 0 Å². The number of pyridine rings is 1. The van der Waals surface area contributed by atoms with E-state index in [9.17, 15) is 0 Å². The van der Waals surface area contributed by atoms with E-state index in [2.05, 4.69) is 24.9 Å². The molecule has 0 amide bonds. The van der Waals surface area contributed by atoms with E-state index in [4.69, 9.17) is 0 Å². The molecule has 0 aromatic carbocycles. The van der Waals surface area contributed by atoms with Gasteiger partial charge in [0, 0.05) is 12.4 Å². The second-order valence-corrected chi connectivity index (χ2v) is 3.32. The highest BCUT2D eigenvalue weighted by molar-refractivity contribution is 5.60. The van der Waals surface area contributed by atoms with Crippen molar-refractivity contribution in [2.75, 3.05) is 0 Å². The zero-order valence-corrected chi connectivity index (χ0v) is 8.38. The van der Waals surface area contributed by atoms with Crippen LogP contribution < -0.4 is 0 Å². The third-order valence-electron chi connectivity index (χ3n) is 2.27. The van der Waals surface area contributed by atoms with Crippen LogP contribution in [0.15, 0.2) is 43.2 Å². The van der Waals surface area contributed by atoms with Gasteiger partial charge in [-0.25, -0.2) is 15.0 Å². The third kappa shape index (κ3) is 1.48. The number of hydrogen-bond donors (Lipinski definition) is 2. The lowest BCUT2D eigenvalue weighted by Gasteiger charge is -1.99. The van der Waals surface area contributed by atoms with Crippen LogP contribution in [-0.2, 0) is 0 Å². The molecule has 0 unspecified atom stereocenters. The molecule has 5 heteroatoms. The average Bonchev–Trinajstić information content (AvgIpc) is 3.03. The van der Waals surface area contributed by atoms with E-state index in [0.717, 1.165) is 22.8 Å². The molecule has 0 bridgehead atoms. The smallest absolute Gasteiger partial charge is 0.106 e. The third-order valence-corrected chi connectivity index (χ3v) is 2.27. The molecule has 3 heterocycles. The maximum Gasteiger partial charge on any atom is 0.106 e. The summed E-state index contributed by atoms with van der Waals surface area (Å²) in [6, 6.07) is 5.79. The molecule has 16 heavy (non-hydrogen) atoms.